The van der Waals surface area contributed by atoms with E-state index >= 15 is 0 Å². The molecule has 0 saturated heterocycles. The third-order valence-corrected chi connectivity index (χ3v) is 1.84. The summed E-state index contributed by atoms with van der Waals surface area (Å²) in [4.78, 5) is 20.8. The summed E-state index contributed by atoms with van der Waals surface area (Å²) in [5, 5.41) is 17.9. The Labute approximate surface area is 110 Å². The van der Waals surface area contributed by atoms with Gasteiger partial charge in [-0.25, -0.2) is 0 Å². The van der Waals surface area contributed by atoms with Gasteiger partial charge in [-0.3, -0.25) is 20.3 Å². The average Bonchev–Trinajstić information content (AvgIpc) is 2.27. The molecule has 0 atom stereocenters. The minimum Gasteiger partial charge on any atom is -0.698 e. The van der Waals surface area contributed by atoms with Crippen LogP contribution < -0.4 is 0 Å². The Kier molecular flexibility index (Phi) is 5.19. The molecular formula is C10H6IrN3O3-. The van der Waals surface area contributed by atoms with Crippen molar-refractivity contribution in [2.45, 2.75) is 0 Å². The molecule has 1 aromatic carbocycles. The van der Waals surface area contributed by atoms with Gasteiger partial charge in [0.1, 0.15) is 5.71 Å². The Hall–Kier alpha value is -2.03. The first-order chi connectivity index (χ1) is 7.47. The van der Waals surface area contributed by atoms with Crippen molar-refractivity contribution in [3.05, 3.63) is 39.6 Å². The molecule has 0 aliphatic rings. The van der Waals surface area contributed by atoms with Gasteiger partial charge in [-0.15, -0.1) is 12.1 Å². The van der Waals surface area contributed by atoms with Gasteiger partial charge in [-0.1, -0.05) is 6.07 Å². The molecule has 6 nitrogen and oxygen atoms in total. The molecule has 0 aromatic heterocycles. The number of rotatable bonds is 3. The van der Waals surface area contributed by atoms with Crippen LogP contribution in [0.1, 0.15) is 5.56 Å². The molecule has 0 unspecified atom stereocenters. The number of non-ortho nitro benzene ring substituents is 1. The molecule has 2 N–H and O–H groups in total. The fourth-order valence-corrected chi connectivity index (χ4v) is 1.05. The number of Topliss-reactive ketones (excluding diaryl/α,β-unsaturated/α-hetero) is 1. The van der Waals surface area contributed by atoms with Crippen LogP contribution in [-0.2, 0) is 24.9 Å². The zero-order valence-corrected chi connectivity index (χ0v) is 10.7. The van der Waals surface area contributed by atoms with E-state index in [-0.39, 0.29) is 37.0 Å². The van der Waals surface area contributed by atoms with Crippen LogP contribution in [0.2, 0.25) is 0 Å². The minimum absolute atomic E-state index is 0. The maximum Gasteiger partial charge on any atom is 0.270 e. The van der Waals surface area contributed by atoms with E-state index in [4.69, 9.17) is 17.6 Å². The summed E-state index contributed by atoms with van der Waals surface area (Å²) in [6, 6.07) is 3.26. The summed E-state index contributed by atoms with van der Waals surface area (Å²) >= 11 is 0. The van der Waals surface area contributed by atoms with E-state index in [0.29, 0.717) is 0 Å². The first-order valence-corrected chi connectivity index (χ1v) is 4.07. The second-order valence-electron chi connectivity index (χ2n) is 2.84. The van der Waals surface area contributed by atoms with Crippen LogP contribution in [0.4, 0.5) is 11.4 Å². The molecule has 0 spiro atoms. The molecule has 0 aliphatic carbocycles. The third kappa shape index (κ3) is 3.21. The van der Waals surface area contributed by atoms with Crippen molar-refractivity contribution in [1.29, 1.82) is 5.41 Å². The predicted octanol–water partition coefficient (Wildman–Crippen LogP) is 1.85. The number of nitrogens with one attached hydrogen (secondary N) is 2. The zero-order valence-electron chi connectivity index (χ0n) is 8.31. The largest absolute Gasteiger partial charge is 0.698 e. The van der Waals surface area contributed by atoms with Crippen molar-refractivity contribution in [2.75, 3.05) is 0 Å². The van der Waals surface area contributed by atoms with Gasteiger partial charge in [0, 0.05) is 32.2 Å². The zero-order chi connectivity index (χ0) is 12.3. The Morgan fingerprint density at radius 3 is 2.59 bits per heavy atom. The number of nitro benzene ring substituents is 1. The van der Waals surface area contributed by atoms with Crippen LogP contribution in [0.25, 0.3) is 5.73 Å². The van der Waals surface area contributed by atoms with Crippen molar-refractivity contribution in [2.24, 2.45) is 0 Å². The molecule has 0 aliphatic heterocycles. The fourth-order valence-electron chi connectivity index (χ4n) is 1.05. The maximum absolute atomic E-state index is 11.0. The van der Waals surface area contributed by atoms with Crippen LogP contribution in [0, 0.1) is 27.9 Å². The Morgan fingerprint density at radius 1 is 1.53 bits per heavy atom. The molecule has 17 heavy (non-hydrogen) atoms. The Balaban J connectivity index is 0.00000256. The van der Waals surface area contributed by atoms with Gasteiger partial charge in [0.25, 0.3) is 11.5 Å². The van der Waals surface area contributed by atoms with Crippen molar-refractivity contribution in [1.82, 2.24) is 0 Å². The first kappa shape index (κ1) is 15.0. The number of terminal acetylenes is 1. The van der Waals surface area contributed by atoms with Crippen molar-refractivity contribution in [3.8, 4) is 12.3 Å². The van der Waals surface area contributed by atoms with Gasteiger partial charge in [0.15, 0.2) is 0 Å². The van der Waals surface area contributed by atoms with Gasteiger partial charge in [-0.2, -0.15) is 0 Å². The molecule has 0 saturated carbocycles. The molecule has 89 valence electrons. The summed E-state index contributed by atoms with van der Waals surface area (Å²) < 4.78 is 0. The van der Waals surface area contributed by atoms with Crippen LogP contribution >= 0.6 is 0 Å². The van der Waals surface area contributed by atoms with E-state index in [1.165, 1.54) is 0 Å². The number of nitro groups is 1. The van der Waals surface area contributed by atoms with E-state index in [9.17, 15) is 14.9 Å². The van der Waals surface area contributed by atoms with Crippen LogP contribution in [0.5, 0.6) is 0 Å². The number of benzene rings is 1. The summed E-state index contributed by atoms with van der Waals surface area (Å²) in [6.07, 6.45) is 4.82. The van der Waals surface area contributed by atoms with Gasteiger partial charge in [0.2, 0.25) is 0 Å². The summed E-state index contributed by atoms with van der Waals surface area (Å²) in [7, 11) is 0. The number of ketones is 1. The number of hydrogen-bond donors (Lipinski definition) is 1. The molecule has 1 rings (SSSR count). The smallest absolute Gasteiger partial charge is 0.270 e. The van der Waals surface area contributed by atoms with E-state index in [2.05, 4.69) is 0 Å². The quantitative estimate of drug-likeness (QED) is 0.271. The number of hydrogen-bond acceptors (Lipinski definition) is 4. The minimum atomic E-state index is -0.908. The molecule has 0 bridgehead atoms. The first-order valence-electron chi connectivity index (χ1n) is 4.07. The van der Waals surface area contributed by atoms with Crippen molar-refractivity contribution >= 4 is 22.9 Å². The van der Waals surface area contributed by atoms with Gasteiger partial charge in [-0.05, 0) is 11.5 Å². The van der Waals surface area contributed by atoms with Gasteiger partial charge in [0.05, 0.1) is 4.92 Å². The van der Waals surface area contributed by atoms with Crippen molar-refractivity contribution < 1.29 is 29.8 Å². The number of carbonyl (C=O) groups excluding carboxylic acids is 1. The molecule has 0 amide bonds. The Bertz CT molecular complexity index is 534. The molecular weight excluding hydrogens is 402 g/mol. The van der Waals surface area contributed by atoms with Crippen molar-refractivity contribution in [3.63, 3.8) is 0 Å². The van der Waals surface area contributed by atoms with E-state index < -0.39 is 16.4 Å². The van der Waals surface area contributed by atoms with Gasteiger partial charge >= 0.3 is 0 Å². The number of nitrogens with zero attached hydrogens (tertiary/aromatic N) is 1. The van der Waals surface area contributed by atoms with E-state index in [0.717, 1.165) is 18.2 Å². The molecule has 7 heteroatoms. The summed E-state index contributed by atoms with van der Waals surface area (Å²) in [6.45, 7) is 0. The monoisotopic (exact) mass is 409 g/mol. The van der Waals surface area contributed by atoms with Crippen LogP contribution in [0.3, 0.4) is 0 Å². The topological polar surface area (TPSA) is 108 Å². The molecule has 1 aromatic rings. The summed E-state index contributed by atoms with van der Waals surface area (Å²) in [5.74, 6) is 0.814. The second kappa shape index (κ2) is 5.89. The normalized spacial score (nSPS) is 8.65. The average molecular weight is 408 g/mol. The molecule has 0 heterocycles. The maximum atomic E-state index is 11.0. The summed E-state index contributed by atoms with van der Waals surface area (Å²) in [5.41, 5.74) is 6.25. The van der Waals surface area contributed by atoms with E-state index in [1.54, 1.807) is 5.92 Å². The Morgan fingerprint density at radius 2 is 2.12 bits per heavy atom. The fraction of sp³-hybridized carbons (Fsp3) is 0. The molecule has 1 radical (unpaired) electrons. The number of carbonyl (C=O) groups is 1. The molecule has 0 fully saturated rings. The predicted molar refractivity (Wildman–Crippen MR) is 57.7 cm³/mol. The second-order valence-corrected chi connectivity index (χ2v) is 2.84. The van der Waals surface area contributed by atoms with Gasteiger partial charge < -0.3 is 5.73 Å². The van der Waals surface area contributed by atoms with Crippen LogP contribution in [-0.4, -0.2) is 16.4 Å². The van der Waals surface area contributed by atoms with E-state index in [1.807, 2.05) is 0 Å². The SMILES string of the molecule is C#CC(=O)C(=N)c1cc([N+](=O)[O-])ccc1[NH-].[Ir]. The van der Waals surface area contributed by atoms with Crippen LogP contribution in [0.15, 0.2) is 18.2 Å². The standard InChI is InChI=1S/C10H6N3O3.Ir/c1-2-9(14)10(12)7-5-6(13(15)16)3-4-8(7)11;/h1,3-5H,(H2-,11,12);/q-1;. The third-order valence-electron chi connectivity index (χ3n) is 1.84.